The maximum Gasteiger partial charge on any atom is 0.134 e. The third kappa shape index (κ3) is 2.56. The van der Waals surface area contributed by atoms with E-state index in [-0.39, 0.29) is 12.0 Å². The highest BCUT2D eigenvalue weighted by Gasteiger charge is 2.33. The number of aliphatic hydroxyl groups excluding tert-OH is 1. The van der Waals surface area contributed by atoms with Crippen molar-refractivity contribution < 1.29 is 5.11 Å². The lowest BCUT2D eigenvalue weighted by molar-refractivity contribution is 0.142. The number of hydrogen-bond donors (Lipinski definition) is 3. The number of anilines is 2. The molecule has 1 fully saturated rings. The molecule has 0 bridgehead atoms. The summed E-state index contributed by atoms with van der Waals surface area (Å²) in [6.45, 7) is 3.03. The molecule has 0 aromatic carbocycles. The van der Waals surface area contributed by atoms with Crippen molar-refractivity contribution in [1.82, 2.24) is 9.97 Å². The van der Waals surface area contributed by atoms with Gasteiger partial charge in [-0.05, 0) is 19.8 Å². The Hall–Kier alpha value is -1.36. The average molecular weight is 250 g/mol. The lowest BCUT2D eigenvalue weighted by atomic mass is 9.87. The SMILES string of the molecule is CNc1ncnc(NCC2(CO)CCCC2)c1C. The van der Waals surface area contributed by atoms with Gasteiger partial charge in [-0.2, -0.15) is 0 Å². The van der Waals surface area contributed by atoms with Gasteiger partial charge in [0.25, 0.3) is 0 Å². The first kappa shape index (κ1) is 13.1. The van der Waals surface area contributed by atoms with Crippen molar-refractivity contribution in [2.75, 3.05) is 30.8 Å². The summed E-state index contributed by atoms with van der Waals surface area (Å²) in [6.07, 6.45) is 6.18. The van der Waals surface area contributed by atoms with E-state index in [1.54, 1.807) is 6.33 Å². The van der Waals surface area contributed by atoms with Crippen LogP contribution in [0.25, 0.3) is 0 Å². The van der Waals surface area contributed by atoms with Gasteiger partial charge in [-0.1, -0.05) is 12.8 Å². The second-order valence-electron chi connectivity index (χ2n) is 5.16. The van der Waals surface area contributed by atoms with Crippen LogP contribution in [0.3, 0.4) is 0 Å². The van der Waals surface area contributed by atoms with Crippen LogP contribution >= 0.6 is 0 Å². The fourth-order valence-corrected chi connectivity index (χ4v) is 2.67. The predicted octanol–water partition coefficient (Wildman–Crippen LogP) is 1.79. The van der Waals surface area contributed by atoms with Crippen molar-refractivity contribution in [2.24, 2.45) is 5.41 Å². The first-order valence-corrected chi connectivity index (χ1v) is 6.55. The standard InChI is InChI=1S/C13H22N4O/c1-10-11(14-2)16-9-17-12(10)15-7-13(8-18)5-3-4-6-13/h9,18H,3-8H2,1-2H3,(H2,14,15,16,17). The summed E-state index contributed by atoms with van der Waals surface area (Å²) < 4.78 is 0. The molecule has 5 heteroatoms. The number of nitrogens with zero attached hydrogens (tertiary/aromatic N) is 2. The molecule has 100 valence electrons. The molecule has 0 amide bonds. The highest BCUT2D eigenvalue weighted by Crippen LogP contribution is 2.37. The van der Waals surface area contributed by atoms with Gasteiger partial charge in [0.1, 0.15) is 18.0 Å². The lowest BCUT2D eigenvalue weighted by Crippen LogP contribution is -2.31. The zero-order chi connectivity index (χ0) is 13.0. The monoisotopic (exact) mass is 250 g/mol. The molecule has 1 aliphatic rings. The van der Waals surface area contributed by atoms with Crippen molar-refractivity contribution in [1.29, 1.82) is 0 Å². The van der Waals surface area contributed by atoms with Gasteiger partial charge in [-0.25, -0.2) is 9.97 Å². The molecule has 18 heavy (non-hydrogen) atoms. The second-order valence-corrected chi connectivity index (χ2v) is 5.16. The minimum Gasteiger partial charge on any atom is -0.396 e. The Labute approximate surface area is 108 Å². The zero-order valence-electron chi connectivity index (χ0n) is 11.2. The van der Waals surface area contributed by atoms with Gasteiger partial charge >= 0.3 is 0 Å². The maximum atomic E-state index is 9.58. The third-order valence-corrected chi connectivity index (χ3v) is 3.95. The Morgan fingerprint density at radius 3 is 2.56 bits per heavy atom. The van der Waals surface area contributed by atoms with Crippen LogP contribution in [0.1, 0.15) is 31.2 Å². The molecular formula is C13H22N4O. The van der Waals surface area contributed by atoms with Crippen molar-refractivity contribution in [3.8, 4) is 0 Å². The predicted molar refractivity (Wildman–Crippen MR) is 72.8 cm³/mol. The summed E-state index contributed by atoms with van der Waals surface area (Å²) in [7, 11) is 1.85. The molecular weight excluding hydrogens is 228 g/mol. The van der Waals surface area contributed by atoms with Gasteiger partial charge in [0.05, 0.1) is 6.61 Å². The summed E-state index contributed by atoms with van der Waals surface area (Å²) in [5.41, 5.74) is 1.06. The van der Waals surface area contributed by atoms with E-state index in [9.17, 15) is 5.11 Å². The Bertz CT molecular complexity index is 402. The molecule has 1 heterocycles. The van der Waals surface area contributed by atoms with Crippen LogP contribution in [0.15, 0.2) is 6.33 Å². The normalized spacial score (nSPS) is 17.7. The molecule has 0 spiro atoms. The van der Waals surface area contributed by atoms with Gasteiger partial charge < -0.3 is 15.7 Å². The van der Waals surface area contributed by atoms with Crippen LogP contribution in [0.4, 0.5) is 11.6 Å². The Balaban J connectivity index is 2.05. The fraction of sp³-hybridized carbons (Fsp3) is 0.692. The van der Waals surface area contributed by atoms with Gasteiger partial charge in [0, 0.05) is 24.6 Å². The number of hydrogen-bond acceptors (Lipinski definition) is 5. The molecule has 1 aliphatic carbocycles. The number of aliphatic hydroxyl groups is 1. The second kappa shape index (κ2) is 5.52. The summed E-state index contributed by atoms with van der Waals surface area (Å²) in [5.74, 6) is 1.70. The molecule has 5 nitrogen and oxygen atoms in total. The van der Waals surface area contributed by atoms with E-state index < -0.39 is 0 Å². The van der Waals surface area contributed by atoms with E-state index >= 15 is 0 Å². The molecule has 2 rings (SSSR count). The van der Waals surface area contributed by atoms with E-state index in [1.807, 2.05) is 14.0 Å². The largest absolute Gasteiger partial charge is 0.396 e. The molecule has 0 unspecified atom stereocenters. The minimum atomic E-state index is 0.0389. The lowest BCUT2D eigenvalue weighted by Gasteiger charge is -2.27. The number of aromatic nitrogens is 2. The van der Waals surface area contributed by atoms with Crippen molar-refractivity contribution >= 4 is 11.6 Å². The first-order chi connectivity index (χ1) is 8.71. The van der Waals surface area contributed by atoms with Gasteiger partial charge in [0.15, 0.2) is 0 Å². The highest BCUT2D eigenvalue weighted by molar-refractivity contribution is 5.56. The smallest absolute Gasteiger partial charge is 0.134 e. The Morgan fingerprint density at radius 2 is 1.94 bits per heavy atom. The highest BCUT2D eigenvalue weighted by atomic mass is 16.3. The van der Waals surface area contributed by atoms with Gasteiger partial charge in [-0.3, -0.25) is 0 Å². The minimum absolute atomic E-state index is 0.0389. The molecule has 0 aliphatic heterocycles. The average Bonchev–Trinajstić information content (AvgIpc) is 2.87. The summed E-state index contributed by atoms with van der Waals surface area (Å²) in [6, 6.07) is 0. The molecule has 0 atom stereocenters. The maximum absolute atomic E-state index is 9.58. The molecule has 1 saturated carbocycles. The Kier molecular flexibility index (Phi) is 4.01. The van der Waals surface area contributed by atoms with Crippen LogP contribution in [-0.4, -0.2) is 35.3 Å². The van der Waals surface area contributed by atoms with Gasteiger partial charge in [0.2, 0.25) is 0 Å². The van der Waals surface area contributed by atoms with Crippen molar-refractivity contribution in [3.63, 3.8) is 0 Å². The van der Waals surface area contributed by atoms with E-state index in [0.29, 0.717) is 0 Å². The summed E-state index contributed by atoms with van der Waals surface area (Å²) in [5, 5.41) is 16.0. The van der Waals surface area contributed by atoms with Crippen LogP contribution in [-0.2, 0) is 0 Å². The molecule has 0 radical (unpaired) electrons. The van der Waals surface area contributed by atoms with Crippen molar-refractivity contribution in [2.45, 2.75) is 32.6 Å². The van der Waals surface area contributed by atoms with Crippen LogP contribution in [0, 0.1) is 12.3 Å². The Morgan fingerprint density at radius 1 is 1.28 bits per heavy atom. The fourth-order valence-electron chi connectivity index (χ4n) is 2.67. The molecule has 1 aromatic rings. The van der Waals surface area contributed by atoms with E-state index in [1.165, 1.54) is 12.8 Å². The molecule has 3 N–H and O–H groups in total. The number of rotatable bonds is 5. The summed E-state index contributed by atoms with van der Waals surface area (Å²) in [4.78, 5) is 8.43. The van der Waals surface area contributed by atoms with Crippen LogP contribution in [0.5, 0.6) is 0 Å². The zero-order valence-corrected chi connectivity index (χ0v) is 11.2. The molecule has 0 saturated heterocycles. The van der Waals surface area contributed by atoms with Crippen molar-refractivity contribution in [3.05, 3.63) is 11.9 Å². The number of nitrogens with one attached hydrogen (secondary N) is 2. The van der Waals surface area contributed by atoms with E-state index in [2.05, 4.69) is 20.6 Å². The molecule has 1 aromatic heterocycles. The first-order valence-electron chi connectivity index (χ1n) is 6.55. The van der Waals surface area contributed by atoms with E-state index in [0.717, 1.165) is 36.6 Å². The van der Waals surface area contributed by atoms with Crippen LogP contribution < -0.4 is 10.6 Å². The quantitative estimate of drug-likeness (QED) is 0.743. The topological polar surface area (TPSA) is 70.1 Å². The summed E-state index contributed by atoms with van der Waals surface area (Å²) >= 11 is 0. The van der Waals surface area contributed by atoms with E-state index in [4.69, 9.17) is 0 Å². The third-order valence-electron chi connectivity index (χ3n) is 3.95. The van der Waals surface area contributed by atoms with Gasteiger partial charge in [-0.15, -0.1) is 0 Å². The van der Waals surface area contributed by atoms with Crippen LogP contribution in [0.2, 0.25) is 0 Å².